The molecule has 61 heavy (non-hydrogen) atoms. The summed E-state index contributed by atoms with van der Waals surface area (Å²) in [6, 6.07) is 90.4. The van der Waals surface area contributed by atoms with Crippen molar-refractivity contribution in [2.75, 3.05) is 4.90 Å². The van der Waals surface area contributed by atoms with E-state index in [1.54, 1.807) is 0 Å². The van der Waals surface area contributed by atoms with E-state index < -0.39 is 0 Å². The van der Waals surface area contributed by atoms with Crippen LogP contribution < -0.4 is 4.90 Å². The van der Waals surface area contributed by atoms with Crippen LogP contribution in [0.4, 0.5) is 17.1 Å². The summed E-state index contributed by atoms with van der Waals surface area (Å²) in [7, 11) is 0. The second kappa shape index (κ2) is 15.6. The molecule has 0 aliphatic carbocycles. The molecule has 0 N–H and O–H groups in total. The minimum Gasteiger partial charge on any atom is -0.311 e. The van der Waals surface area contributed by atoms with Crippen molar-refractivity contribution < 1.29 is 0 Å². The molecule has 11 aromatic carbocycles. The van der Waals surface area contributed by atoms with E-state index in [0.717, 1.165) is 17.1 Å². The van der Waals surface area contributed by atoms with Gasteiger partial charge in [0.15, 0.2) is 0 Å². The number of rotatable bonds is 8. The van der Waals surface area contributed by atoms with Gasteiger partial charge in [-0.05, 0) is 143 Å². The lowest BCUT2D eigenvalue weighted by molar-refractivity contribution is 1.28. The predicted molar refractivity (Wildman–Crippen MR) is 261 cm³/mol. The van der Waals surface area contributed by atoms with Crippen molar-refractivity contribution in [2.45, 2.75) is 0 Å². The van der Waals surface area contributed by atoms with E-state index in [4.69, 9.17) is 0 Å². The van der Waals surface area contributed by atoms with Gasteiger partial charge < -0.3 is 4.90 Å². The summed E-state index contributed by atoms with van der Waals surface area (Å²) in [5, 5.41) is 7.56. The van der Waals surface area contributed by atoms with Gasteiger partial charge in [-0.2, -0.15) is 0 Å². The second-order valence-electron chi connectivity index (χ2n) is 15.7. The summed E-state index contributed by atoms with van der Waals surface area (Å²) in [6.45, 7) is 0. The lowest BCUT2D eigenvalue weighted by atomic mass is 9.87. The van der Waals surface area contributed by atoms with Gasteiger partial charge in [0.25, 0.3) is 0 Å². The Morgan fingerprint density at radius 1 is 0.197 bits per heavy atom. The summed E-state index contributed by atoms with van der Waals surface area (Å²) >= 11 is 0. The highest BCUT2D eigenvalue weighted by molar-refractivity contribution is 6.15. The fourth-order valence-corrected chi connectivity index (χ4v) is 8.95. The van der Waals surface area contributed by atoms with Crippen LogP contribution in [0.2, 0.25) is 0 Å². The van der Waals surface area contributed by atoms with Gasteiger partial charge in [0.05, 0.1) is 0 Å². The molecule has 11 rings (SSSR count). The SMILES string of the molecule is c1ccc(-c2ccc(N(c3ccc(-c4ccc(-c5cc6ccccc6c6ccccc56)c(-c5ccccc5)c4)cc3)c3ccc(-c4ccc5ccccc5c4)cc3)cc2)cc1. The zero-order valence-electron chi connectivity index (χ0n) is 33.6. The topological polar surface area (TPSA) is 3.24 Å². The van der Waals surface area contributed by atoms with Crippen LogP contribution >= 0.6 is 0 Å². The van der Waals surface area contributed by atoms with Crippen molar-refractivity contribution in [1.29, 1.82) is 0 Å². The van der Waals surface area contributed by atoms with E-state index in [2.05, 4.69) is 254 Å². The largest absolute Gasteiger partial charge is 0.311 e. The van der Waals surface area contributed by atoms with Crippen molar-refractivity contribution in [1.82, 2.24) is 0 Å². The van der Waals surface area contributed by atoms with Gasteiger partial charge >= 0.3 is 0 Å². The Morgan fingerprint density at radius 2 is 0.623 bits per heavy atom. The van der Waals surface area contributed by atoms with Crippen LogP contribution in [0.15, 0.2) is 249 Å². The van der Waals surface area contributed by atoms with E-state index in [9.17, 15) is 0 Å². The molecule has 0 radical (unpaired) electrons. The first-order valence-electron chi connectivity index (χ1n) is 21.0. The molecular weight excluding hydrogens is 735 g/mol. The average molecular weight is 776 g/mol. The Bertz CT molecular complexity index is 3310. The highest BCUT2D eigenvalue weighted by atomic mass is 15.1. The number of hydrogen-bond donors (Lipinski definition) is 0. The lowest BCUT2D eigenvalue weighted by Gasteiger charge is -2.26. The molecule has 0 bridgehead atoms. The number of anilines is 3. The molecule has 0 aliphatic rings. The smallest absolute Gasteiger partial charge is 0.0462 e. The number of hydrogen-bond acceptors (Lipinski definition) is 1. The van der Waals surface area contributed by atoms with Gasteiger partial charge in [0.1, 0.15) is 0 Å². The molecule has 0 aliphatic heterocycles. The zero-order chi connectivity index (χ0) is 40.5. The molecule has 0 unspecified atom stereocenters. The first-order valence-corrected chi connectivity index (χ1v) is 21.0. The molecule has 0 saturated carbocycles. The number of benzene rings is 11. The van der Waals surface area contributed by atoms with Crippen LogP contribution in [0.5, 0.6) is 0 Å². The van der Waals surface area contributed by atoms with Crippen LogP contribution in [0.1, 0.15) is 0 Å². The third-order valence-electron chi connectivity index (χ3n) is 12.1. The molecule has 0 aromatic heterocycles. The number of fused-ring (bicyclic) bond motifs is 4. The Morgan fingerprint density at radius 3 is 1.25 bits per heavy atom. The minimum atomic E-state index is 1.09. The van der Waals surface area contributed by atoms with E-state index in [-0.39, 0.29) is 0 Å². The molecule has 1 nitrogen and oxygen atoms in total. The van der Waals surface area contributed by atoms with Crippen molar-refractivity contribution >= 4 is 49.4 Å². The van der Waals surface area contributed by atoms with Crippen molar-refractivity contribution in [2.24, 2.45) is 0 Å². The zero-order valence-corrected chi connectivity index (χ0v) is 33.6. The summed E-state index contributed by atoms with van der Waals surface area (Å²) < 4.78 is 0. The highest BCUT2D eigenvalue weighted by Crippen LogP contribution is 2.43. The molecule has 11 aromatic rings. The van der Waals surface area contributed by atoms with Gasteiger partial charge in [0.2, 0.25) is 0 Å². The summed E-state index contributed by atoms with van der Waals surface area (Å²) in [4.78, 5) is 2.35. The quantitative estimate of drug-likeness (QED) is 0.139. The molecule has 0 heterocycles. The van der Waals surface area contributed by atoms with Gasteiger partial charge in [-0.15, -0.1) is 0 Å². The molecule has 1 heteroatoms. The predicted octanol–water partition coefficient (Wildman–Crippen LogP) is 17.0. The van der Waals surface area contributed by atoms with Gasteiger partial charge in [0, 0.05) is 17.1 Å². The van der Waals surface area contributed by atoms with E-state index in [0.29, 0.717) is 0 Å². The summed E-state index contributed by atoms with van der Waals surface area (Å²) in [5.41, 5.74) is 15.3. The maximum Gasteiger partial charge on any atom is 0.0462 e. The maximum atomic E-state index is 2.37. The van der Waals surface area contributed by atoms with E-state index in [1.807, 2.05) is 0 Å². The van der Waals surface area contributed by atoms with Gasteiger partial charge in [-0.3, -0.25) is 0 Å². The first kappa shape index (κ1) is 36.1. The standard InChI is InChI=1S/C60H41N/c1-3-13-42(14-4-1)44-25-32-52(33-26-44)61(53-34-27-45(28-35-53)49-24-23-43-15-7-8-18-48(43)39-49)54-36-29-46(30-37-54)50-31-38-58(59(40-50)47-16-5-2-6-17-47)60-41-51-19-9-10-20-55(51)56-21-11-12-22-57(56)60/h1-41H. The van der Waals surface area contributed by atoms with Gasteiger partial charge in [-0.25, -0.2) is 0 Å². The average Bonchev–Trinajstić information content (AvgIpc) is 3.35. The van der Waals surface area contributed by atoms with Crippen LogP contribution in [0.25, 0.3) is 88.0 Å². The van der Waals surface area contributed by atoms with Crippen LogP contribution in [0, 0.1) is 0 Å². The number of nitrogens with zero attached hydrogens (tertiary/aromatic N) is 1. The van der Waals surface area contributed by atoms with Crippen LogP contribution in [0.3, 0.4) is 0 Å². The molecular formula is C60H41N. The monoisotopic (exact) mass is 775 g/mol. The van der Waals surface area contributed by atoms with Crippen molar-refractivity contribution in [3.05, 3.63) is 249 Å². The van der Waals surface area contributed by atoms with Crippen LogP contribution in [-0.2, 0) is 0 Å². The molecule has 286 valence electrons. The van der Waals surface area contributed by atoms with Gasteiger partial charge in [-0.1, -0.05) is 194 Å². The van der Waals surface area contributed by atoms with Crippen molar-refractivity contribution in [3.8, 4) is 55.6 Å². The third kappa shape index (κ3) is 6.93. The van der Waals surface area contributed by atoms with E-state index >= 15 is 0 Å². The Hall–Kier alpha value is -8.00. The Balaban J connectivity index is 0.986. The first-order chi connectivity index (χ1) is 30.2. The Kier molecular flexibility index (Phi) is 9.26. The summed E-state index contributed by atoms with van der Waals surface area (Å²) in [5.74, 6) is 0. The second-order valence-corrected chi connectivity index (χ2v) is 15.7. The normalized spacial score (nSPS) is 11.3. The lowest BCUT2D eigenvalue weighted by Crippen LogP contribution is -2.09. The van der Waals surface area contributed by atoms with Crippen molar-refractivity contribution in [3.63, 3.8) is 0 Å². The maximum absolute atomic E-state index is 2.37. The summed E-state index contributed by atoms with van der Waals surface area (Å²) in [6.07, 6.45) is 0. The molecule has 0 saturated heterocycles. The fourth-order valence-electron chi connectivity index (χ4n) is 8.95. The third-order valence-corrected chi connectivity index (χ3v) is 12.1. The van der Waals surface area contributed by atoms with E-state index in [1.165, 1.54) is 88.0 Å². The van der Waals surface area contributed by atoms with Crippen LogP contribution in [-0.4, -0.2) is 0 Å². The minimum absolute atomic E-state index is 1.09. The molecule has 0 atom stereocenters. The molecule has 0 fully saturated rings. The Labute approximate surface area is 357 Å². The highest BCUT2D eigenvalue weighted by Gasteiger charge is 2.17. The molecule has 0 amide bonds. The molecule has 0 spiro atoms. The fraction of sp³-hybridized carbons (Fsp3) is 0.